The highest BCUT2D eigenvalue weighted by Crippen LogP contribution is 2.29. The van der Waals surface area contributed by atoms with Gasteiger partial charge in [0.05, 0.1) is 26.0 Å². The van der Waals surface area contributed by atoms with E-state index >= 15 is 0 Å². The van der Waals surface area contributed by atoms with Gasteiger partial charge < -0.3 is 19.7 Å². The van der Waals surface area contributed by atoms with Crippen LogP contribution in [0.15, 0.2) is 41.8 Å². The number of benzene rings is 1. The van der Waals surface area contributed by atoms with Gasteiger partial charge in [-0.3, -0.25) is 9.59 Å². The van der Waals surface area contributed by atoms with E-state index in [2.05, 4.69) is 21.7 Å². The quantitative estimate of drug-likeness (QED) is 0.541. The zero-order chi connectivity index (χ0) is 24.2. The lowest BCUT2D eigenvalue weighted by Gasteiger charge is -2.31. The van der Waals surface area contributed by atoms with E-state index in [4.69, 9.17) is 9.47 Å². The van der Waals surface area contributed by atoms with Crippen molar-refractivity contribution in [3.8, 4) is 5.75 Å². The SMILES string of the molecule is COc1ccc([C@@H]2Cn3nnc(C(=O)N4CCC(C(=O)NCCc5cccs5)CC4)c3CO2)cc1. The fourth-order valence-electron chi connectivity index (χ4n) is 4.60. The van der Waals surface area contributed by atoms with Crippen molar-refractivity contribution in [2.24, 2.45) is 5.92 Å². The summed E-state index contributed by atoms with van der Waals surface area (Å²) in [5, 5.41) is 13.5. The zero-order valence-corrected chi connectivity index (χ0v) is 20.5. The molecule has 1 N–H and O–H groups in total. The van der Waals surface area contributed by atoms with Crippen molar-refractivity contribution in [1.82, 2.24) is 25.2 Å². The molecule has 2 aromatic heterocycles. The molecule has 1 saturated heterocycles. The molecule has 9 nitrogen and oxygen atoms in total. The van der Waals surface area contributed by atoms with Crippen molar-refractivity contribution in [3.05, 3.63) is 63.6 Å². The summed E-state index contributed by atoms with van der Waals surface area (Å²) in [6.07, 6.45) is 1.99. The molecule has 4 heterocycles. The van der Waals surface area contributed by atoms with Gasteiger partial charge in [0.1, 0.15) is 11.9 Å². The van der Waals surface area contributed by atoms with Crippen molar-refractivity contribution >= 4 is 23.2 Å². The molecule has 0 spiro atoms. The number of rotatable bonds is 7. The van der Waals surface area contributed by atoms with Gasteiger partial charge in [-0.05, 0) is 48.4 Å². The molecular formula is C25H29N5O4S. The van der Waals surface area contributed by atoms with Crippen LogP contribution in [0.25, 0.3) is 0 Å². The van der Waals surface area contributed by atoms with Crippen molar-refractivity contribution in [2.75, 3.05) is 26.7 Å². The van der Waals surface area contributed by atoms with Gasteiger partial charge in [-0.15, -0.1) is 16.4 Å². The van der Waals surface area contributed by atoms with Gasteiger partial charge in [0.15, 0.2) is 5.69 Å². The molecule has 2 amide bonds. The lowest BCUT2D eigenvalue weighted by molar-refractivity contribution is -0.126. The number of nitrogens with zero attached hydrogens (tertiary/aromatic N) is 4. The molecule has 0 aliphatic carbocycles. The van der Waals surface area contributed by atoms with E-state index in [1.165, 1.54) is 4.88 Å². The fraction of sp³-hybridized carbons (Fsp3) is 0.440. The van der Waals surface area contributed by atoms with E-state index in [0.717, 1.165) is 17.7 Å². The van der Waals surface area contributed by atoms with E-state index in [0.29, 0.717) is 50.4 Å². The van der Waals surface area contributed by atoms with Crippen molar-refractivity contribution in [2.45, 2.75) is 38.5 Å². The molecule has 2 aliphatic rings. The first-order chi connectivity index (χ1) is 17.1. The standard InChI is InChI=1S/C25H29N5O4S/c1-33-19-6-4-17(5-7-19)22-15-30-21(16-34-22)23(27-28-30)25(32)29-12-9-18(10-13-29)24(31)26-11-8-20-3-2-14-35-20/h2-7,14,18,22H,8-13,15-16H2,1H3,(H,26,31)/t22-/m0/s1. The van der Waals surface area contributed by atoms with Crippen molar-refractivity contribution in [1.29, 1.82) is 0 Å². The number of aromatic nitrogens is 3. The van der Waals surface area contributed by atoms with Gasteiger partial charge in [0.25, 0.3) is 5.91 Å². The van der Waals surface area contributed by atoms with Crippen molar-refractivity contribution in [3.63, 3.8) is 0 Å². The van der Waals surface area contributed by atoms with E-state index in [1.807, 2.05) is 35.7 Å². The monoisotopic (exact) mass is 495 g/mol. The average Bonchev–Trinajstić information content (AvgIpc) is 3.58. The van der Waals surface area contributed by atoms with Crippen LogP contribution in [-0.2, 0) is 29.1 Å². The summed E-state index contributed by atoms with van der Waals surface area (Å²) >= 11 is 1.70. The van der Waals surface area contributed by atoms with Crippen LogP contribution in [0.3, 0.4) is 0 Å². The van der Waals surface area contributed by atoms with Gasteiger partial charge in [-0.2, -0.15) is 0 Å². The van der Waals surface area contributed by atoms with Crippen LogP contribution in [0.1, 0.15) is 45.6 Å². The Hall–Kier alpha value is -3.24. The summed E-state index contributed by atoms with van der Waals surface area (Å²) in [7, 11) is 1.64. The maximum atomic E-state index is 13.2. The molecule has 0 unspecified atom stereocenters. The Balaban J connectivity index is 1.13. The third-order valence-corrected chi connectivity index (χ3v) is 7.63. The molecule has 0 bridgehead atoms. The Labute approximate surface area is 208 Å². The summed E-state index contributed by atoms with van der Waals surface area (Å²) in [6.45, 7) is 2.47. The second-order valence-electron chi connectivity index (χ2n) is 8.83. The summed E-state index contributed by atoms with van der Waals surface area (Å²) in [5.41, 5.74) is 2.07. The van der Waals surface area contributed by atoms with Crippen LogP contribution < -0.4 is 10.1 Å². The molecule has 2 aliphatic heterocycles. The highest BCUT2D eigenvalue weighted by Gasteiger charge is 2.33. The molecule has 1 aromatic carbocycles. The first kappa shape index (κ1) is 23.5. The number of thiophene rings is 1. The number of methoxy groups -OCH3 is 1. The molecule has 3 aromatic rings. The molecule has 35 heavy (non-hydrogen) atoms. The molecule has 5 rings (SSSR count). The second kappa shape index (κ2) is 10.6. The van der Waals surface area contributed by atoms with Crippen LogP contribution in [0, 0.1) is 5.92 Å². The minimum Gasteiger partial charge on any atom is -0.497 e. The average molecular weight is 496 g/mol. The highest BCUT2D eigenvalue weighted by molar-refractivity contribution is 7.09. The largest absolute Gasteiger partial charge is 0.497 e. The maximum Gasteiger partial charge on any atom is 0.276 e. The van der Waals surface area contributed by atoms with E-state index in [-0.39, 0.29) is 30.4 Å². The van der Waals surface area contributed by atoms with Crippen molar-refractivity contribution < 1.29 is 19.1 Å². The Kier molecular flexibility index (Phi) is 7.10. The molecule has 184 valence electrons. The minimum absolute atomic E-state index is 0.0648. The lowest BCUT2D eigenvalue weighted by Crippen LogP contribution is -2.43. The number of amides is 2. The third-order valence-electron chi connectivity index (χ3n) is 6.69. The fourth-order valence-corrected chi connectivity index (χ4v) is 5.31. The Morgan fingerprint density at radius 2 is 2.00 bits per heavy atom. The van der Waals surface area contributed by atoms with Gasteiger partial charge in [-0.1, -0.05) is 23.4 Å². The number of carbonyl (C=O) groups is 2. The molecular weight excluding hydrogens is 466 g/mol. The number of fused-ring (bicyclic) bond motifs is 1. The Bertz CT molecular complexity index is 1150. The first-order valence-corrected chi connectivity index (χ1v) is 12.8. The smallest absolute Gasteiger partial charge is 0.276 e. The van der Waals surface area contributed by atoms with Gasteiger partial charge in [0.2, 0.25) is 5.91 Å². The summed E-state index contributed by atoms with van der Waals surface area (Å²) in [4.78, 5) is 28.8. The Morgan fingerprint density at radius 3 is 2.71 bits per heavy atom. The van der Waals surface area contributed by atoms with Crippen LogP contribution >= 0.6 is 11.3 Å². The Morgan fingerprint density at radius 1 is 1.20 bits per heavy atom. The summed E-state index contributed by atoms with van der Waals surface area (Å²) in [6, 6.07) is 11.8. The molecule has 1 fully saturated rings. The maximum absolute atomic E-state index is 13.2. The highest BCUT2D eigenvalue weighted by atomic mass is 32.1. The number of hydrogen-bond donors (Lipinski definition) is 1. The van der Waals surface area contributed by atoms with E-state index in [9.17, 15) is 9.59 Å². The van der Waals surface area contributed by atoms with Crippen LogP contribution in [0.4, 0.5) is 0 Å². The molecule has 0 radical (unpaired) electrons. The molecule has 10 heteroatoms. The van der Waals surface area contributed by atoms with Gasteiger partial charge in [0, 0.05) is 30.4 Å². The van der Waals surface area contributed by atoms with Crippen LogP contribution in [0.5, 0.6) is 5.75 Å². The number of ether oxygens (including phenoxy) is 2. The normalized spacial score (nSPS) is 18.2. The molecule has 1 atom stereocenters. The predicted molar refractivity (Wildman–Crippen MR) is 130 cm³/mol. The number of nitrogens with one attached hydrogen (secondary N) is 1. The summed E-state index contributed by atoms with van der Waals surface area (Å²) in [5.74, 6) is 0.658. The van der Waals surface area contributed by atoms with Gasteiger partial charge >= 0.3 is 0 Å². The zero-order valence-electron chi connectivity index (χ0n) is 19.7. The predicted octanol–water partition coefficient (Wildman–Crippen LogP) is 2.83. The van der Waals surface area contributed by atoms with Gasteiger partial charge in [-0.25, -0.2) is 4.68 Å². The third kappa shape index (κ3) is 5.23. The minimum atomic E-state index is -0.160. The van der Waals surface area contributed by atoms with E-state index < -0.39 is 0 Å². The topological polar surface area (TPSA) is 98.6 Å². The first-order valence-electron chi connectivity index (χ1n) is 11.9. The number of likely N-dealkylation sites (tertiary alicyclic amines) is 1. The second-order valence-corrected chi connectivity index (χ2v) is 9.86. The van der Waals surface area contributed by atoms with E-state index in [1.54, 1.807) is 28.0 Å². The number of piperidine rings is 1. The summed E-state index contributed by atoms with van der Waals surface area (Å²) < 4.78 is 13.0. The van der Waals surface area contributed by atoms with Crippen LogP contribution in [0.2, 0.25) is 0 Å². The number of carbonyl (C=O) groups excluding carboxylic acids is 2. The number of hydrogen-bond acceptors (Lipinski definition) is 7. The molecule has 0 saturated carbocycles. The van der Waals surface area contributed by atoms with Crippen LogP contribution in [-0.4, -0.2) is 58.5 Å². The lowest BCUT2D eigenvalue weighted by atomic mass is 9.95.